The third-order valence-electron chi connectivity index (χ3n) is 5.38. The Morgan fingerprint density at radius 1 is 1.05 bits per heavy atom. The van der Waals surface area contributed by atoms with Crippen LogP contribution in [-0.2, 0) is 4.79 Å². The van der Waals surface area contributed by atoms with E-state index in [0.717, 1.165) is 44.9 Å². The summed E-state index contributed by atoms with van der Waals surface area (Å²) in [5, 5.41) is 19.7. The van der Waals surface area contributed by atoms with Crippen LogP contribution in [0.2, 0.25) is 0 Å². The van der Waals surface area contributed by atoms with Gasteiger partial charge in [-0.25, -0.2) is 0 Å². The molecule has 112 valence electrons. The molecule has 0 aromatic carbocycles. The van der Waals surface area contributed by atoms with Crippen LogP contribution in [0, 0.1) is 17.3 Å². The van der Waals surface area contributed by atoms with Crippen molar-refractivity contribution in [2.75, 3.05) is 0 Å². The van der Waals surface area contributed by atoms with Gasteiger partial charge < -0.3 is 10.2 Å². The van der Waals surface area contributed by atoms with Crippen LogP contribution < -0.4 is 0 Å². The number of hydrogen-bond donors (Lipinski definition) is 2. The van der Waals surface area contributed by atoms with Crippen molar-refractivity contribution in [2.24, 2.45) is 17.3 Å². The summed E-state index contributed by atoms with van der Waals surface area (Å²) in [6, 6.07) is 0. The first-order chi connectivity index (χ1) is 8.71. The second kappa shape index (κ2) is 6.25. The highest BCUT2D eigenvalue weighted by Gasteiger charge is 2.38. The smallest absolute Gasteiger partial charge is 0.309 e. The van der Waals surface area contributed by atoms with E-state index in [0.29, 0.717) is 5.92 Å². The predicted octanol–water partition coefficient (Wildman–Crippen LogP) is 3.84. The third kappa shape index (κ3) is 3.95. The molecular weight excluding hydrogens is 240 g/mol. The van der Waals surface area contributed by atoms with Crippen LogP contribution in [-0.4, -0.2) is 21.8 Å². The molecule has 1 aliphatic carbocycles. The molecular formula is C16H30O3. The number of carboxylic acids is 1. The Hall–Kier alpha value is -0.570. The SMILES string of the molecule is CCC(C)(O)C1CCCC(C(C)(C)C(=O)O)CCC1. The summed E-state index contributed by atoms with van der Waals surface area (Å²) >= 11 is 0. The molecule has 1 unspecified atom stereocenters. The summed E-state index contributed by atoms with van der Waals surface area (Å²) < 4.78 is 0. The fourth-order valence-corrected chi connectivity index (χ4v) is 3.32. The van der Waals surface area contributed by atoms with E-state index in [2.05, 4.69) is 0 Å². The molecule has 1 fully saturated rings. The number of aliphatic hydroxyl groups is 1. The second-order valence-electron chi connectivity index (χ2n) is 6.99. The molecule has 1 aliphatic rings. The molecule has 0 amide bonds. The van der Waals surface area contributed by atoms with Crippen LogP contribution in [0.25, 0.3) is 0 Å². The van der Waals surface area contributed by atoms with E-state index in [-0.39, 0.29) is 5.92 Å². The molecule has 0 saturated heterocycles. The maximum Gasteiger partial charge on any atom is 0.309 e. The summed E-state index contributed by atoms with van der Waals surface area (Å²) in [7, 11) is 0. The fraction of sp³-hybridized carbons (Fsp3) is 0.938. The van der Waals surface area contributed by atoms with E-state index in [9.17, 15) is 15.0 Å². The highest BCUT2D eigenvalue weighted by molar-refractivity contribution is 5.74. The Morgan fingerprint density at radius 2 is 1.47 bits per heavy atom. The van der Waals surface area contributed by atoms with Crippen molar-refractivity contribution in [3.8, 4) is 0 Å². The number of carboxylic acid groups (broad SMARTS) is 1. The van der Waals surface area contributed by atoms with Crippen molar-refractivity contribution in [2.45, 2.75) is 78.2 Å². The topological polar surface area (TPSA) is 57.5 Å². The Balaban J connectivity index is 2.63. The minimum atomic E-state index is -0.685. The van der Waals surface area contributed by atoms with Crippen LogP contribution in [0.3, 0.4) is 0 Å². The Labute approximate surface area is 117 Å². The lowest BCUT2D eigenvalue weighted by Gasteiger charge is -2.37. The Bertz CT molecular complexity index is 297. The van der Waals surface area contributed by atoms with Gasteiger partial charge in [-0.15, -0.1) is 0 Å². The Morgan fingerprint density at radius 3 is 1.84 bits per heavy atom. The van der Waals surface area contributed by atoms with E-state index in [1.54, 1.807) is 0 Å². The van der Waals surface area contributed by atoms with Crippen LogP contribution in [0.5, 0.6) is 0 Å². The minimum Gasteiger partial charge on any atom is -0.481 e. The first kappa shape index (κ1) is 16.5. The molecule has 3 nitrogen and oxygen atoms in total. The highest BCUT2D eigenvalue weighted by atomic mass is 16.4. The van der Waals surface area contributed by atoms with Gasteiger partial charge in [0.15, 0.2) is 0 Å². The molecule has 2 N–H and O–H groups in total. The molecule has 0 aromatic rings. The van der Waals surface area contributed by atoms with Gasteiger partial charge in [-0.2, -0.15) is 0 Å². The third-order valence-corrected chi connectivity index (χ3v) is 5.38. The van der Waals surface area contributed by atoms with Gasteiger partial charge in [0, 0.05) is 0 Å². The zero-order chi connectivity index (χ0) is 14.7. The molecule has 0 bridgehead atoms. The summed E-state index contributed by atoms with van der Waals surface area (Å²) in [6.07, 6.45) is 6.83. The Kier molecular flexibility index (Phi) is 5.43. The van der Waals surface area contributed by atoms with Gasteiger partial charge in [-0.3, -0.25) is 4.79 Å². The first-order valence-electron chi connectivity index (χ1n) is 7.67. The quantitative estimate of drug-likeness (QED) is 0.816. The molecule has 0 aliphatic heterocycles. The van der Waals surface area contributed by atoms with Gasteiger partial charge in [0.05, 0.1) is 11.0 Å². The standard InChI is InChI=1S/C16H30O3/c1-5-16(4,19)13-10-6-8-12(9-7-11-13)15(2,3)14(17)18/h12-13,19H,5-11H2,1-4H3,(H,17,18). The van der Waals surface area contributed by atoms with Gasteiger partial charge in [-0.05, 0) is 64.7 Å². The highest BCUT2D eigenvalue weighted by Crippen LogP contribution is 2.40. The average Bonchev–Trinajstić information content (AvgIpc) is 2.27. The monoisotopic (exact) mass is 270 g/mol. The molecule has 0 spiro atoms. The molecule has 1 saturated carbocycles. The zero-order valence-electron chi connectivity index (χ0n) is 12.9. The molecule has 0 radical (unpaired) electrons. The molecule has 1 atom stereocenters. The van der Waals surface area contributed by atoms with E-state index in [1.165, 1.54) is 0 Å². The fourth-order valence-electron chi connectivity index (χ4n) is 3.32. The lowest BCUT2D eigenvalue weighted by Crippen LogP contribution is -2.37. The lowest BCUT2D eigenvalue weighted by atomic mass is 9.69. The van der Waals surface area contributed by atoms with Crippen molar-refractivity contribution >= 4 is 5.97 Å². The van der Waals surface area contributed by atoms with Gasteiger partial charge >= 0.3 is 5.97 Å². The van der Waals surface area contributed by atoms with Crippen molar-refractivity contribution in [3.05, 3.63) is 0 Å². The molecule has 1 rings (SSSR count). The average molecular weight is 270 g/mol. The zero-order valence-corrected chi connectivity index (χ0v) is 12.9. The van der Waals surface area contributed by atoms with Crippen LogP contribution in [0.1, 0.15) is 72.6 Å². The number of rotatable bonds is 4. The van der Waals surface area contributed by atoms with Crippen LogP contribution in [0.4, 0.5) is 0 Å². The van der Waals surface area contributed by atoms with Crippen LogP contribution >= 0.6 is 0 Å². The van der Waals surface area contributed by atoms with Gasteiger partial charge in [0.2, 0.25) is 0 Å². The molecule has 19 heavy (non-hydrogen) atoms. The van der Waals surface area contributed by atoms with E-state index < -0.39 is 17.0 Å². The van der Waals surface area contributed by atoms with Gasteiger partial charge in [0.25, 0.3) is 0 Å². The maximum atomic E-state index is 11.3. The van der Waals surface area contributed by atoms with Crippen molar-refractivity contribution in [3.63, 3.8) is 0 Å². The summed E-state index contributed by atoms with van der Waals surface area (Å²) in [6.45, 7) is 7.68. The van der Waals surface area contributed by atoms with E-state index in [1.807, 2.05) is 27.7 Å². The molecule has 3 heteroatoms. The minimum absolute atomic E-state index is 0.262. The predicted molar refractivity (Wildman–Crippen MR) is 77.0 cm³/mol. The first-order valence-corrected chi connectivity index (χ1v) is 7.67. The summed E-state index contributed by atoms with van der Waals surface area (Å²) in [4.78, 5) is 11.3. The van der Waals surface area contributed by atoms with Gasteiger partial charge in [0.1, 0.15) is 0 Å². The van der Waals surface area contributed by atoms with E-state index >= 15 is 0 Å². The van der Waals surface area contributed by atoms with E-state index in [4.69, 9.17) is 0 Å². The number of carbonyl (C=O) groups is 1. The summed E-state index contributed by atoms with van der Waals surface area (Å²) in [5.74, 6) is -0.0564. The van der Waals surface area contributed by atoms with Gasteiger partial charge in [-0.1, -0.05) is 19.8 Å². The van der Waals surface area contributed by atoms with Crippen molar-refractivity contribution in [1.82, 2.24) is 0 Å². The number of hydrogen-bond acceptors (Lipinski definition) is 2. The number of aliphatic carboxylic acids is 1. The van der Waals surface area contributed by atoms with Crippen LogP contribution in [0.15, 0.2) is 0 Å². The molecule has 0 aromatic heterocycles. The van der Waals surface area contributed by atoms with Crippen molar-refractivity contribution < 1.29 is 15.0 Å². The van der Waals surface area contributed by atoms with Crippen molar-refractivity contribution in [1.29, 1.82) is 0 Å². The maximum absolute atomic E-state index is 11.3. The normalized spacial score (nSPS) is 29.1. The lowest BCUT2D eigenvalue weighted by molar-refractivity contribution is -0.150. The summed E-state index contributed by atoms with van der Waals surface area (Å²) in [5.41, 5.74) is -1.19. The largest absolute Gasteiger partial charge is 0.481 e. The molecule has 0 heterocycles. The second-order valence-corrected chi connectivity index (χ2v) is 6.99.